The van der Waals surface area contributed by atoms with Gasteiger partial charge in [-0.1, -0.05) is 6.07 Å². The number of nitrogens with one attached hydrogen (secondary N) is 1. The van der Waals surface area contributed by atoms with Gasteiger partial charge in [-0.15, -0.1) is 0 Å². The molecule has 7 heteroatoms. The third kappa shape index (κ3) is 2.94. The molecule has 0 aliphatic rings. The second-order valence-corrected chi connectivity index (χ2v) is 5.72. The third-order valence-corrected chi connectivity index (χ3v) is 3.99. The Balaban J connectivity index is 2.21. The first-order chi connectivity index (χ1) is 8.90. The molecule has 3 N–H and O–H groups in total. The van der Waals surface area contributed by atoms with E-state index in [9.17, 15) is 12.8 Å². The molecule has 19 heavy (non-hydrogen) atoms. The number of anilines is 1. The molecule has 1 aromatic heterocycles. The van der Waals surface area contributed by atoms with E-state index in [-0.39, 0.29) is 11.4 Å². The van der Waals surface area contributed by atoms with E-state index >= 15 is 0 Å². The van der Waals surface area contributed by atoms with Crippen molar-refractivity contribution in [3.63, 3.8) is 0 Å². The van der Waals surface area contributed by atoms with Gasteiger partial charge in [0.2, 0.25) is 10.0 Å². The number of benzene rings is 1. The molecule has 0 bridgehead atoms. The first-order valence-corrected chi connectivity index (χ1v) is 6.97. The smallest absolute Gasteiger partial charge is 0.243 e. The van der Waals surface area contributed by atoms with Gasteiger partial charge in [-0.2, -0.15) is 0 Å². The van der Waals surface area contributed by atoms with E-state index in [1.165, 1.54) is 12.1 Å². The van der Waals surface area contributed by atoms with Crippen molar-refractivity contribution in [2.75, 3.05) is 5.73 Å². The zero-order chi connectivity index (χ0) is 14.0. The maximum atomic E-state index is 13.2. The second-order valence-electron chi connectivity index (χ2n) is 3.99. The van der Waals surface area contributed by atoms with Crippen molar-refractivity contribution in [1.82, 2.24) is 4.72 Å². The molecule has 102 valence electrons. The Kier molecular flexibility index (Phi) is 3.59. The highest BCUT2D eigenvalue weighted by Crippen LogP contribution is 2.21. The maximum Gasteiger partial charge on any atom is 0.243 e. The molecule has 0 atom stereocenters. The molecular weight excluding hydrogens is 271 g/mol. The van der Waals surface area contributed by atoms with Gasteiger partial charge in [-0.05, 0) is 31.2 Å². The van der Waals surface area contributed by atoms with Gasteiger partial charge in [0, 0.05) is 0 Å². The monoisotopic (exact) mass is 284 g/mol. The minimum absolute atomic E-state index is 0.0217. The average molecular weight is 284 g/mol. The largest absolute Gasteiger partial charge is 0.465 e. The second kappa shape index (κ2) is 5.02. The van der Waals surface area contributed by atoms with Crippen molar-refractivity contribution in [3.05, 3.63) is 47.7 Å². The predicted molar refractivity (Wildman–Crippen MR) is 68.3 cm³/mol. The molecule has 0 unspecified atom stereocenters. The van der Waals surface area contributed by atoms with Crippen LogP contribution in [0.3, 0.4) is 0 Å². The first-order valence-electron chi connectivity index (χ1n) is 5.49. The summed E-state index contributed by atoms with van der Waals surface area (Å²) < 4.78 is 44.8. The number of halogens is 1. The van der Waals surface area contributed by atoms with Crippen LogP contribution in [0.4, 0.5) is 10.1 Å². The highest BCUT2D eigenvalue weighted by atomic mass is 32.2. The van der Waals surface area contributed by atoms with E-state index in [4.69, 9.17) is 10.2 Å². The van der Waals surface area contributed by atoms with E-state index in [1.807, 2.05) is 0 Å². The van der Waals surface area contributed by atoms with Crippen LogP contribution in [0.15, 0.2) is 39.6 Å². The van der Waals surface area contributed by atoms with E-state index in [2.05, 4.69) is 4.72 Å². The van der Waals surface area contributed by atoms with Gasteiger partial charge >= 0.3 is 0 Å². The Morgan fingerprint density at radius 3 is 2.68 bits per heavy atom. The molecular formula is C12H13FN2O3S. The van der Waals surface area contributed by atoms with Crippen LogP contribution in [-0.2, 0) is 16.6 Å². The van der Waals surface area contributed by atoms with Gasteiger partial charge in [0.1, 0.15) is 22.2 Å². The molecule has 2 aromatic rings. The molecule has 2 rings (SSSR count). The fourth-order valence-corrected chi connectivity index (χ4v) is 2.71. The minimum Gasteiger partial charge on any atom is -0.465 e. The van der Waals surface area contributed by atoms with Crippen LogP contribution < -0.4 is 10.5 Å². The summed E-state index contributed by atoms with van der Waals surface area (Å²) in [4.78, 5) is -0.282. The van der Waals surface area contributed by atoms with E-state index in [0.717, 1.165) is 6.07 Å². The lowest BCUT2D eigenvalue weighted by atomic mass is 10.3. The van der Waals surface area contributed by atoms with Crippen LogP contribution in [0.1, 0.15) is 11.5 Å². The predicted octanol–water partition coefficient (Wildman–Crippen LogP) is 1.79. The molecule has 1 aromatic carbocycles. The van der Waals surface area contributed by atoms with Gasteiger partial charge in [0.15, 0.2) is 0 Å². The molecule has 1 heterocycles. The Hall–Kier alpha value is -1.86. The van der Waals surface area contributed by atoms with Crippen LogP contribution in [0, 0.1) is 12.7 Å². The summed E-state index contributed by atoms with van der Waals surface area (Å²) in [5, 5.41) is 0. The Morgan fingerprint density at radius 1 is 1.32 bits per heavy atom. The van der Waals surface area contributed by atoms with Crippen LogP contribution in [0.2, 0.25) is 0 Å². The van der Waals surface area contributed by atoms with Gasteiger partial charge in [0.05, 0.1) is 12.2 Å². The third-order valence-electron chi connectivity index (χ3n) is 2.53. The summed E-state index contributed by atoms with van der Waals surface area (Å²) in [5.41, 5.74) is 5.03. The quantitative estimate of drug-likeness (QED) is 0.838. The SMILES string of the molecule is Cc1ccc(CNS(=O)(=O)c2cccc(F)c2N)o1. The molecule has 5 nitrogen and oxygen atoms in total. The lowest BCUT2D eigenvalue weighted by Crippen LogP contribution is -2.24. The van der Waals surface area contributed by atoms with Crippen LogP contribution in [0.5, 0.6) is 0 Å². The number of rotatable bonds is 4. The van der Waals surface area contributed by atoms with Crippen LogP contribution in [-0.4, -0.2) is 8.42 Å². The van der Waals surface area contributed by atoms with E-state index in [0.29, 0.717) is 11.5 Å². The number of hydrogen-bond acceptors (Lipinski definition) is 4. The molecule has 0 radical (unpaired) electrons. The fraction of sp³-hybridized carbons (Fsp3) is 0.167. The van der Waals surface area contributed by atoms with Crippen molar-refractivity contribution in [2.45, 2.75) is 18.4 Å². The number of nitrogens with two attached hydrogens (primary N) is 1. The molecule has 0 saturated heterocycles. The van der Waals surface area contributed by atoms with E-state index < -0.39 is 21.5 Å². The van der Waals surface area contributed by atoms with Gasteiger partial charge in [0.25, 0.3) is 0 Å². The van der Waals surface area contributed by atoms with Crippen molar-refractivity contribution >= 4 is 15.7 Å². The number of para-hydroxylation sites is 1. The van der Waals surface area contributed by atoms with Crippen LogP contribution >= 0.6 is 0 Å². The zero-order valence-electron chi connectivity index (χ0n) is 10.2. The number of furan rings is 1. The standard InChI is InChI=1S/C12H13FN2O3S/c1-8-5-6-9(18-8)7-15-19(16,17)11-4-2-3-10(13)12(11)14/h2-6,15H,7,14H2,1H3. The molecule has 0 spiro atoms. The van der Waals surface area contributed by atoms with Crippen molar-refractivity contribution in [3.8, 4) is 0 Å². The normalized spacial score (nSPS) is 11.7. The Morgan fingerprint density at radius 2 is 2.05 bits per heavy atom. The Bertz CT molecular complexity index is 695. The van der Waals surface area contributed by atoms with Gasteiger partial charge in [-0.25, -0.2) is 17.5 Å². The van der Waals surface area contributed by atoms with Crippen LogP contribution in [0.25, 0.3) is 0 Å². The topological polar surface area (TPSA) is 85.3 Å². The molecule has 0 saturated carbocycles. The highest BCUT2D eigenvalue weighted by molar-refractivity contribution is 7.89. The molecule has 0 aliphatic carbocycles. The summed E-state index contributed by atoms with van der Waals surface area (Å²) in [7, 11) is -3.88. The number of aryl methyl sites for hydroxylation is 1. The lowest BCUT2D eigenvalue weighted by molar-refractivity contribution is 0.475. The number of nitrogen functional groups attached to an aromatic ring is 1. The fourth-order valence-electron chi connectivity index (χ4n) is 1.58. The zero-order valence-corrected chi connectivity index (χ0v) is 11.0. The maximum absolute atomic E-state index is 13.2. The van der Waals surface area contributed by atoms with E-state index in [1.54, 1.807) is 19.1 Å². The number of hydrogen-bond donors (Lipinski definition) is 2. The average Bonchev–Trinajstić information content (AvgIpc) is 2.76. The summed E-state index contributed by atoms with van der Waals surface area (Å²) in [5.74, 6) is 0.382. The van der Waals surface area contributed by atoms with Crippen molar-refractivity contribution in [2.24, 2.45) is 0 Å². The molecule has 0 fully saturated rings. The molecule has 0 amide bonds. The summed E-state index contributed by atoms with van der Waals surface area (Å²) in [6.45, 7) is 1.73. The first kappa shape index (κ1) is 13.6. The highest BCUT2D eigenvalue weighted by Gasteiger charge is 2.19. The van der Waals surface area contributed by atoms with Gasteiger partial charge < -0.3 is 10.2 Å². The summed E-state index contributed by atoms with van der Waals surface area (Å²) >= 11 is 0. The Labute approximate surface area is 110 Å². The summed E-state index contributed by atoms with van der Waals surface area (Å²) in [6.07, 6.45) is 0. The minimum atomic E-state index is -3.88. The van der Waals surface area contributed by atoms with Crippen molar-refractivity contribution < 1.29 is 17.2 Å². The lowest BCUT2D eigenvalue weighted by Gasteiger charge is -2.08. The van der Waals surface area contributed by atoms with Crippen molar-refractivity contribution in [1.29, 1.82) is 0 Å². The summed E-state index contributed by atoms with van der Waals surface area (Å²) in [6, 6.07) is 7.02. The molecule has 0 aliphatic heterocycles. The number of sulfonamides is 1. The van der Waals surface area contributed by atoms with Gasteiger partial charge in [-0.3, -0.25) is 0 Å².